The van der Waals surface area contributed by atoms with Gasteiger partial charge in [0.2, 0.25) is 0 Å². The summed E-state index contributed by atoms with van der Waals surface area (Å²) in [6, 6.07) is 5.04. The molecule has 1 aliphatic rings. The molecule has 0 aliphatic heterocycles. The van der Waals surface area contributed by atoms with E-state index in [-0.39, 0.29) is 11.8 Å². The van der Waals surface area contributed by atoms with E-state index >= 15 is 0 Å². The quantitative estimate of drug-likeness (QED) is 0.819. The molecule has 2 N–H and O–H groups in total. The highest BCUT2D eigenvalue weighted by Gasteiger charge is 2.17. The van der Waals surface area contributed by atoms with Gasteiger partial charge in [0, 0.05) is 6.04 Å². The summed E-state index contributed by atoms with van der Waals surface area (Å²) in [6.07, 6.45) is 2.86. The molecule has 1 atom stereocenters. The Hall–Kier alpha value is -1.16. The Balaban J connectivity index is 2.25. The normalized spacial score (nSPS) is 20.1. The number of alkyl halides is 2. The standard InChI is InChI=1S/C11H13F2NO/c12-11(13)15-8-4-5-9-7(6-8)2-1-3-10(9)14/h4-6,10-11H,1-3,14H2. The third kappa shape index (κ3) is 2.26. The minimum Gasteiger partial charge on any atom is -0.435 e. The lowest BCUT2D eigenvalue weighted by Gasteiger charge is -2.22. The van der Waals surface area contributed by atoms with Crippen molar-refractivity contribution >= 4 is 0 Å². The van der Waals surface area contributed by atoms with Gasteiger partial charge >= 0.3 is 6.61 Å². The van der Waals surface area contributed by atoms with Crippen LogP contribution in [-0.4, -0.2) is 6.61 Å². The number of fused-ring (bicyclic) bond motifs is 1. The van der Waals surface area contributed by atoms with Crippen LogP contribution in [0.4, 0.5) is 8.78 Å². The van der Waals surface area contributed by atoms with Gasteiger partial charge in [0.15, 0.2) is 0 Å². The third-order valence-electron chi connectivity index (χ3n) is 2.70. The second kappa shape index (κ2) is 4.14. The molecule has 1 aliphatic carbocycles. The van der Waals surface area contributed by atoms with E-state index in [0.29, 0.717) is 0 Å². The summed E-state index contributed by atoms with van der Waals surface area (Å²) in [5, 5.41) is 0. The molecule has 0 radical (unpaired) electrons. The zero-order valence-electron chi connectivity index (χ0n) is 8.25. The Bertz CT molecular complexity index is 354. The third-order valence-corrected chi connectivity index (χ3v) is 2.70. The molecule has 0 amide bonds. The number of nitrogens with two attached hydrogens (primary N) is 1. The predicted octanol–water partition coefficient (Wildman–Crippen LogP) is 2.62. The molecule has 0 saturated carbocycles. The highest BCUT2D eigenvalue weighted by Crippen LogP contribution is 2.30. The molecule has 1 unspecified atom stereocenters. The van der Waals surface area contributed by atoms with Crippen molar-refractivity contribution in [1.82, 2.24) is 0 Å². The molecule has 15 heavy (non-hydrogen) atoms. The van der Waals surface area contributed by atoms with Crippen molar-refractivity contribution in [2.75, 3.05) is 0 Å². The predicted molar refractivity (Wildman–Crippen MR) is 52.9 cm³/mol. The van der Waals surface area contributed by atoms with E-state index in [0.717, 1.165) is 30.4 Å². The Morgan fingerprint density at radius 2 is 2.20 bits per heavy atom. The lowest BCUT2D eigenvalue weighted by atomic mass is 9.88. The number of halogens is 2. The largest absolute Gasteiger partial charge is 0.435 e. The molecule has 4 heteroatoms. The van der Waals surface area contributed by atoms with Crippen LogP contribution in [0.1, 0.15) is 30.0 Å². The van der Waals surface area contributed by atoms with Crippen molar-refractivity contribution in [3.63, 3.8) is 0 Å². The zero-order valence-corrected chi connectivity index (χ0v) is 8.25. The van der Waals surface area contributed by atoms with Gasteiger partial charge in [-0.05, 0) is 42.5 Å². The summed E-state index contributed by atoms with van der Waals surface area (Å²) in [5.41, 5.74) is 8.00. The Morgan fingerprint density at radius 3 is 2.93 bits per heavy atom. The molecule has 0 spiro atoms. The lowest BCUT2D eigenvalue weighted by Crippen LogP contribution is -2.17. The lowest BCUT2D eigenvalue weighted by molar-refractivity contribution is -0.0499. The summed E-state index contributed by atoms with van der Waals surface area (Å²) in [4.78, 5) is 0. The maximum absolute atomic E-state index is 12.0. The van der Waals surface area contributed by atoms with E-state index in [2.05, 4.69) is 4.74 Å². The molecule has 0 saturated heterocycles. The zero-order chi connectivity index (χ0) is 10.8. The number of benzene rings is 1. The maximum atomic E-state index is 12.0. The van der Waals surface area contributed by atoms with Gasteiger partial charge in [0.05, 0.1) is 0 Å². The Kier molecular flexibility index (Phi) is 2.86. The fourth-order valence-electron chi connectivity index (χ4n) is 2.00. The van der Waals surface area contributed by atoms with E-state index in [1.165, 1.54) is 0 Å². The van der Waals surface area contributed by atoms with Gasteiger partial charge in [-0.3, -0.25) is 0 Å². The average molecular weight is 213 g/mol. The number of ether oxygens (including phenoxy) is 1. The van der Waals surface area contributed by atoms with Crippen LogP contribution in [0.3, 0.4) is 0 Å². The summed E-state index contributed by atoms with van der Waals surface area (Å²) in [6.45, 7) is -2.76. The van der Waals surface area contributed by atoms with Gasteiger partial charge < -0.3 is 10.5 Å². The van der Waals surface area contributed by atoms with Crippen molar-refractivity contribution in [3.05, 3.63) is 29.3 Å². The fraction of sp³-hybridized carbons (Fsp3) is 0.455. The van der Waals surface area contributed by atoms with E-state index in [9.17, 15) is 8.78 Å². The van der Waals surface area contributed by atoms with Gasteiger partial charge in [-0.15, -0.1) is 0 Å². The van der Waals surface area contributed by atoms with Gasteiger partial charge in [0.1, 0.15) is 5.75 Å². The van der Waals surface area contributed by atoms with Crippen LogP contribution in [0.2, 0.25) is 0 Å². The molecule has 82 valence electrons. The molecular formula is C11H13F2NO. The van der Waals surface area contributed by atoms with E-state index in [4.69, 9.17) is 5.73 Å². The average Bonchev–Trinajstić information content (AvgIpc) is 2.17. The number of aryl methyl sites for hydroxylation is 1. The van der Waals surface area contributed by atoms with Crippen LogP contribution < -0.4 is 10.5 Å². The van der Waals surface area contributed by atoms with Gasteiger partial charge in [0.25, 0.3) is 0 Å². The fourth-order valence-corrected chi connectivity index (χ4v) is 2.00. The maximum Gasteiger partial charge on any atom is 0.387 e. The molecule has 2 nitrogen and oxygen atoms in total. The smallest absolute Gasteiger partial charge is 0.387 e. The molecule has 1 aromatic carbocycles. The van der Waals surface area contributed by atoms with Crippen LogP contribution in [-0.2, 0) is 6.42 Å². The van der Waals surface area contributed by atoms with Gasteiger partial charge in [-0.2, -0.15) is 8.78 Å². The Labute approximate surface area is 87.0 Å². The SMILES string of the molecule is NC1CCCc2cc(OC(F)F)ccc21. The molecule has 0 aromatic heterocycles. The highest BCUT2D eigenvalue weighted by molar-refractivity contribution is 5.38. The number of rotatable bonds is 2. The van der Waals surface area contributed by atoms with Crippen LogP contribution in [0.5, 0.6) is 5.75 Å². The molecule has 0 fully saturated rings. The van der Waals surface area contributed by atoms with Crippen molar-refractivity contribution in [2.45, 2.75) is 31.9 Å². The minimum atomic E-state index is -2.76. The van der Waals surface area contributed by atoms with E-state index in [1.807, 2.05) is 0 Å². The van der Waals surface area contributed by atoms with Crippen LogP contribution in [0.15, 0.2) is 18.2 Å². The van der Waals surface area contributed by atoms with Crippen molar-refractivity contribution in [2.24, 2.45) is 5.73 Å². The van der Waals surface area contributed by atoms with E-state index < -0.39 is 6.61 Å². The summed E-state index contributed by atoms with van der Waals surface area (Å²) < 4.78 is 28.3. The van der Waals surface area contributed by atoms with Crippen LogP contribution >= 0.6 is 0 Å². The monoisotopic (exact) mass is 213 g/mol. The first-order valence-corrected chi connectivity index (χ1v) is 5.00. The topological polar surface area (TPSA) is 35.2 Å². The minimum absolute atomic E-state index is 0.0364. The second-order valence-electron chi connectivity index (χ2n) is 3.74. The van der Waals surface area contributed by atoms with Crippen molar-refractivity contribution in [1.29, 1.82) is 0 Å². The number of hydrogen-bond donors (Lipinski definition) is 1. The molecular weight excluding hydrogens is 200 g/mol. The van der Waals surface area contributed by atoms with Crippen LogP contribution in [0.25, 0.3) is 0 Å². The summed E-state index contributed by atoms with van der Waals surface area (Å²) in [5.74, 6) is 0.220. The van der Waals surface area contributed by atoms with Crippen molar-refractivity contribution < 1.29 is 13.5 Å². The molecule has 1 aromatic rings. The van der Waals surface area contributed by atoms with E-state index in [1.54, 1.807) is 18.2 Å². The molecule has 0 heterocycles. The van der Waals surface area contributed by atoms with Crippen molar-refractivity contribution in [3.8, 4) is 5.75 Å². The van der Waals surface area contributed by atoms with Gasteiger partial charge in [-0.1, -0.05) is 6.07 Å². The first-order chi connectivity index (χ1) is 7.16. The molecule has 0 bridgehead atoms. The molecule has 2 rings (SSSR count). The van der Waals surface area contributed by atoms with Gasteiger partial charge in [-0.25, -0.2) is 0 Å². The summed E-state index contributed by atoms with van der Waals surface area (Å²) >= 11 is 0. The second-order valence-corrected chi connectivity index (χ2v) is 3.74. The Morgan fingerprint density at radius 1 is 1.40 bits per heavy atom. The highest BCUT2D eigenvalue weighted by atomic mass is 19.3. The number of hydrogen-bond acceptors (Lipinski definition) is 2. The first-order valence-electron chi connectivity index (χ1n) is 5.00. The van der Waals surface area contributed by atoms with Crippen LogP contribution in [0, 0.1) is 0 Å². The first kappa shape index (κ1) is 10.4. The summed E-state index contributed by atoms with van der Waals surface area (Å²) in [7, 11) is 0.